The molecule has 0 radical (unpaired) electrons. The minimum atomic E-state index is -1.47. The van der Waals surface area contributed by atoms with E-state index in [-0.39, 0.29) is 57.1 Å². The maximum atomic E-state index is 13.1. The fourth-order valence-electron chi connectivity index (χ4n) is 5.40. The SMILES string of the molecule is C[C@H]1CC[C@H]2[C@H](COCCO)C(=O)O[C@H]2[C@]2(C)C(=O)C[C@@H](OCCO)[C@@]12O. The van der Waals surface area contributed by atoms with Crippen molar-refractivity contribution in [2.75, 3.05) is 33.0 Å². The van der Waals surface area contributed by atoms with Gasteiger partial charge in [-0.1, -0.05) is 6.92 Å². The molecule has 1 aliphatic heterocycles. The Labute approximate surface area is 158 Å². The number of hydrogen-bond acceptors (Lipinski definition) is 8. The minimum Gasteiger partial charge on any atom is -0.461 e. The van der Waals surface area contributed by atoms with Crippen molar-refractivity contribution in [3.63, 3.8) is 0 Å². The van der Waals surface area contributed by atoms with E-state index in [0.29, 0.717) is 12.8 Å². The molecular formula is C19H30O8. The number of carbonyl (C=O) groups is 2. The number of ether oxygens (including phenoxy) is 3. The second-order valence-electron chi connectivity index (χ2n) is 8.14. The van der Waals surface area contributed by atoms with Gasteiger partial charge in [-0.05, 0) is 25.7 Å². The Kier molecular flexibility index (Phi) is 5.93. The smallest absolute Gasteiger partial charge is 0.312 e. The first-order valence-electron chi connectivity index (χ1n) is 9.69. The molecule has 3 rings (SSSR count). The average molecular weight is 386 g/mol. The summed E-state index contributed by atoms with van der Waals surface area (Å²) in [6.45, 7) is 3.54. The second-order valence-corrected chi connectivity index (χ2v) is 8.14. The lowest BCUT2D eigenvalue weighted by atomic mass is 9.64. The Balaban J connectivity index is 1.93. The molecule has 1 saturated heterocycles. The summed E-state index contributed by atoms with van der Waals surface area (Å²) < 4.78 is 16.7. The average Bonchev–Trinajstić information content (AvgIpc) is 3.03. The fraction of sp³-hybridized carbons (Fsp3) is 0.895. The number of ketones is 1. The minimum absolute atomic E-state index is 0.0315. The molecular weight excluding hydrogens is 356 g/mol. The quantitative estimate of drug-likeness (QED) is 0.402. The number of aliphatic hydroxyl groups excluding tert-OH is 2. The van der Waals surface area contributed by atoms with Crippen molar-refractivity contribution < 1.29 is 39.1 Å². The van der Waals surface area contributed by atoms with Crippen LogP contribution in [0.5, 0.6) is 0 Å². The van der Waals surface area contributed by atoms with Crippen molar-refractivity contribution in [2.24, 2.45) is 23.2 Å². The summed E-state index contributed by atoms with van der Waals surface area (Å²) in [6, 6.07) is 0. The number of aliphatic hydroxyl groups is 3. The third kappa shape index (κ3) is 3.02. The van der Waals surface area contributed by atoms with Crippen LogP contribution in [0.4, 0.5) is 0 Å². The van der Waals surface area contributed by atoms with Gasteiger partial charge in [0, 0.05) is 12.3 Å². The van der Waals surface area contributed by atoms with Crippen molar-refractivity contribution >= 4 is 11.8 Å². The van der Waals surface area contributed by atoms with E-state index in [1.54, 1.807) is 6.92 Å². The van der Waals surface area contributed by atoms with E-state index in [9.17, 15) is 14.7 Å². The highest BCUT2D eigenvalue weighted by Crippen LogP contribution is 2.59. The Morgan fingerprint density at radius 2 is 1.89 bits per heavy atom. The number of carbonyl (C=O) groups excluding carboxylic acids is 2. The second kappa shape index (κ2) is 7.75. The van der Waals surface area contributed by atoms with Crippen molar-refractivity contribution in [3.8, 4) is 0 Å². The molecule has 27 heavy (non-hydrogen) atoms. The zero-order valence-electron chi connectivity index (χ0n) is 15.9. The fourth-order valence-corrected chi connectivity index (χ4v) is 5.40. The van der Waals surface area contributed by atoms with Crippen molar-refractivity contribution in [3.05, 3.63) is 0 Å². The Morgan fingerprint density at radius 1 is 1.19 bits per heavy atom. The molecule has 154 valence electrons. The Bertz CT molecular complexity index is 580. The van der Waals surface area contributed by atoms with Gasteiger partial charge in [0.25, 0.3) is 0 Å². The molecule has 1 heterocycles. The van der Waals surface area contributed by atoms with Crippen LogP contribution in [0.3, 0.4) is 0 Å². The number of rotatable bonds is 7. The molecule has 2 aliphatic carbocycles. The Hall–Kier alpha value is -1.06. The van der Waals surface area contributed by atoms with Gasteiger partial charge >= 0.3 is 5.97 Å². The van der Waals surface area contributed by atoms with E-state index in [2.05, 4.69) is 0 Å². The largest absolute Gasteiger partial charge is 0.461 e. The predicted molar refractivity (Wildman–Crippen MR) is 92.7 cm³/mol. The van der Waals surface area contributed by atoms with Gasteiger partial charge < -0.3 is 29.5 Å². The molecule has 7 atom stereocenters. The zero-order chi connectivity index (χ0) is 19.8. The third-order valence-electron chi connectivity index (χ3n) is 6.92. The lowest BCUT2D eigenvalue weighted by Crippen LogP contribution is -2.60. The maximum Gasteiger partial charge on any atom is 0.312 e. The van der Waals surface area contributed by atoms with Crippen LogP contribution in [0.25, 0.3) is 0 Å². The van der Waals surface area contributed by atoms with Crippen LogP contribution in [0.2, 0.25) is 0 Å². The first-order chi connectivity index (χ1) is 12.8. The third-order valence-corrected chi connectivity index (χ3v) is 6.92. The van der Waals surface area contributed by atoms with E-state index >= 15 is 0 Å². The van der Waals surface area contributed by atoms with E-state index in [1.807, 2.05) is 6.92 Å². The molecule has 0 bridgehead atoms. The standard InChI is InChI=1S/C19H30O8/c1-11-3-4-12-13(10-25-7-5-20)17(23)27-16(12)18(2)14(22)9-15(19(11,18)24)26-8-6-21/h11-13,15-16,20-21,24H,3-10H2,1-2H3/t11-,12-,13-,15+,16+,18-,19-/m0/s1. The van der Waals surface area contributed by atoms with Gasteiger partial charge in [0.15, 0.2) is 0 Å². The summed E-state index contributed by atoms with van der Waals surface area (Å²) in [4.78, 5) is 25.6. The molecule has 0 spiro atoms. The highest BCUT2D eigenvalue weighted by molar-refractivity contribution is 5.91. The first-order valence-corrected chi connectivity index (χ1v) is 9.69. The number of hydrogen-bond donors (Lipinski definition) is 3. The molecule has 8 heteroatoms. The normalized spacial score (nSPS) is 44.0. The summed E-state index contributed by atoms with van der Waals surface area (Å²) in [7, 11) is 0. The van der Waals surface area contributed by atoms with E-state index in [0.717, 1.165) is 0 Å². The first kappa shape index (κ1) is 20.7. The number of fused-ring (bicyclic) bond motifs is 3. The van der Waals surface area contributed by atoms with Gasteiger partial charge in [-0.25, -0.2) is 0 Å². The highest BCUT2D eigenvalue weighted by Gasteiger charge is 2.73. The monoisotopic (exact) mass is 386 g/mol. The Morgan fingerprint density at radius 3 is 2.56 bits per heavy atom. The topological polar surface area (TPSA) is 123 Å². The predicted octanol–water partition coefficient (Wildman–Crippen LogP) is -0.329. The molecule has 3 N–H and O–H groups in total. The summed E-state index contributed by atoms with van der Waals surface area (Å²) in [5.41, 5.74) is -2.74. The van der Waals surface area contributed by atoms with Crippen LogP contribution >= 0.6 is 0 Å². The van der Waals surface area contributed by atoms with Crippen molar-refractivity contribution in [2.45, 2.75) is 50.9 Å². The summed E-state index contributed by atoms with van der Waals surface area (Å²) in [5.74, 6) is -1.59. The molecule has 0 aromatic rings. The molecule has 0 amide bonds. The lowest BCUT2D eigenvalue weighted by Gasteiger charge is -2.46. The summed E-state index contributed by atoms with van der Waals surface area (Å²) in [5, 5.41) is 29.7. The van der Waals surface area contributed by atoms with Crippen LogP contribution in [-0.2, 0) is 23.8 Å². The van der Waals surface area contributed by atoms with Gasteiger partial charge in [0.05, 0.1) is 50.5 Å². The van der Waals surface area contributed by atoms with Crippen LogP contribution < -0.4 is 0 Å². The van der Waals surface area contributed by atoms with Crippen LogP contribution in [0.1, 0.15) is 33.1 Å². The number of esters is 1. The lowest BCUT2D eigenvalue weighted by molar-refractivity contribution is -0.198. The number of Topliss-reactive ketones (excluding diaryl/α,β-unsaturated/α-hetero) is 1. The van der Waals surface area contributed by atoms with Gasteiger partial charge in [-0.3, -0.25) is 9.59 Å². The molecule has 3 fully saturated rings. The van der Waals surface area contributed by atoms with Gasteiger partial charge in [-0.2, -0.15) is 0 Å². The molecule has 3 aliphatic rings. The van der Waals surface area contributed by atoms with E-state index in [1.165, 1.54) is 0 Å². The van der Waals surface area contributed by atoms with Crippen LogP contribution in [0.15, 0.2) is 0 Å². The molecule has 0 unspecified atom stereocenters. The zero-order valence-corrected chi connectivity index (χ0v) is 15.9. The molecule has 0 aromatic carbocycles. The van der Waals surface area contributed by atoms with E-state index < -0.39 is 35.1 Å². The van der Waals surface area contributed by atoms with Gasteiger partial charge in [0.2, 0.25) is 0 Å². The van der Waals surface area contributed by atoms with Crippen LogP contribution in [-0.4, -0.2) is 77.9 Å². The van der Waals surface area contributed by atoms with Gasteiger partial charge in [0.1, 0.15) is 17.5 Å². The van der Waals surface area contributed by atoms with Crippen molar-refractivity contribution in [1.82, 2.24) is 0 Å². The maximum absolute atomic E-state index is 13.1. The molecule has 8 nitrogen and oxygen atoms in total. The summed E-state index contributed by atoms with van der Waals surface area (Å²) >= 11 is 0. The highest BCUT2D eigenvalue weighted by atomic mass is 16.6. The molecule has 0 aromatic heterocycles. The van der Waals surface area contributed by atoms with E-state index in [4.69, 9.17) is 24.4 Å². The molecule has 2 saturated carbocycles. The van der Waals surface area contributed by atoms with Crippen LogP contribution in [0, 0.1) is 23.2 Å². The summed E-state index contributed by atoms with van der Waals surface area (Å²) in [6.07, 6.45) is -0.198. The van der Waals surface area contributed by atoms with Crippen molar-refractivity contribution in [1.29, 1.82) is 0 Å². The van der Waals surface area contributed by atoms with Gasteiger partial charge in [-0.15, -0.1) is 0 Å².